The maximum absolute atomic E-state index is 13.5. The van der Waals surface area contributed by atoms with Crippen molar-refractivity contribution in [3.05, 3.63) is 58.6 Å². The van der Waals surface area contributed by atoms with Gasteiger partial charge in [-0.05, 0) is 43.7 Å². The molecule has 0 unspecified atom stereocenters. The van der Waals surface area contributed by atoms with Crippen molar-refractivity contribution in [2.75, 3.05) is 38.3 Å². The van der Waals surface area contributed by atoms with Crippen molar-refractivity contribution < 1.29 is 19.1 Å². The quantitative estimate of drug-likeness (QED) is 0.683. The van der Waals surface area contributed by atoms with Crippen LogP contribution in [0.3, 0.4) is 0 Å². The van der Waals surface area contributed by atoms with Crippen LogP contribution in [0.4, 0.5) is 10.5 Å². The summed E-state index contributed by atoms with van der Waals surface area (Å²) in [6.45, 7) is 5.94. The van der Waals surface area contributed by atoms with Gasteiger partial charge in [-0.3, -0.25) is 4.79 Å². The van der Waals surface area contributed by atoms with E-state index in [4.69, 9.17) is 21.1 Å². The summed E-state index contributed by atoms with van der Waals surface area (Å²) in [7, 11) is 1.59. The van der Waals surface area contributed by atoms with Crippen molar-refractivity contribution in [1.29, 1.82) is 0 Å². The lowest BCUT2D eigenvalue weighted by molar-refractivity contribution is 0.0979. The molecule has 3 rings (SSSR count). The van der Waals surface area contributed by atoms with Gasteiger partial charge in [0.2, 0.25) is 0 Å². The lowest BCUT2D eigenvalue weighted by Crippen LogP contribution is -2.48. The monoisotopic (exact) mass is 445 g/mol. The minimum atomic E-state index is -0.214. The predicted molar refractivity (Wildman–Crippen MR) is 121 cm³/mol. The van der Waals surface area contributed by atoms with Crippen LogP contribution in [0.5, 0.6) is 5.75 Å². The number of urea groups is 1. The van der Waals surface area contributed by atoms with E-state index >= 15 is 0 Å². The molecular formula is C23H28ClN3O4. The molecule has 1 aliphatic rings. The third-order valence-corrected chi connectivity index (χ3v) is 5.49. The number of nitrogens with one attached hydrogen (secondary N) is 1. The van der Waals surface area contributed by atoms with Crippen LogP contribution in [0.2, 0.25) is 5.02 Å². The number of halogens is 1. The summed E-state index contributed by atoms with van der Waals surface area (Å²) in [6, 6.07) is 12.3. The summed E-state index contributed by atoms with van der Waals surface area (Å²) >= 11 is 6.42. The van der Waals surface area contributed by atoms with E-state index < -0.39 is 0 Å². The van der Waals surface area contributed by atoms with Gasteiger partial charge in [0, 0.05) is 38.5 Å². The Morgan fingerprint density at radius 1 is 1.23 bits per heavy atom. The number of carbonyl (C=O) groups excluding carboxylic acids is 2. The topological polar surface area (TPSA) is 71.1 Å². The summed E-state index contributed by atoms with van der Waals surface area (Å²) < 4.78 is 10.5. The molecule has 1 aliphatic heterocycles. The summed E-state index contributed by atoms with van der Waals surface area (Å²) in [4.78, 5) is 29.7. The second-order valence-corrected chi connectivity index (χ2v) is 7.73. The molecule has 3 amide bonds. The molecule has 0 spiro atoms. The van der Waals surface area contributed by atoms with Gasteiger partial charge in [-0.1, -0.05) is 29.8 Å². The number of fused-ring (bicyclic) bond motifs is 1. The van der Waals surface area contributed by atoms with E-state index in [0.717, 1.165) is 11.3 Å². The van der Waals surface area contributed by atoms with Crippen LogP contribution in [0.25, 0.3) is 0 Å². The van der Waals surface area contributed by atoms with Crippen molar-refractivity contribution in [2.24, 2.45) is 0 Å². The maximum Gasteiger partial charge on any atom is 0.318 e. The Kier molecular flexibility index (Phi) is 7.76. The summed E-state index contributed by atoms with van der Waals surface area (Å²) in [5.74, 6) is 0.404. The van der Waals surface area contributed by atoms with Crippen molar-refractivity contribution >= 4 is 29.2 Å². The van der Waals surface area contributed by atoms with Gasteiger partial charge in [-0.2, -0.15) is 0 Å². The maximum atomic E-state index is 13.5. The highest BCUT2D eigenvalue weighted by molar-refractivity contribution is 6.34. The Bertz CT molecular complexity index is 937. The molecule has 2 aromatic carbocycles. The molecular weight excluding hydrogens is 418 g/mol. The van der Waals surface area contributed by atoms with E-state index in [-0.39, 0.29) is 18.0 Å². The number of amides is 3. The highest BCUT2D eigenvalue weighted by atomic mass is 35.5. The predicted octanol–water partition coefficient (Wildman–Crippen LogP) is 3.95. The van der Waals surface area contributed by atoms with E-state index in [9.17, 15) is 9.59 Å². The molecule has 7 nitrogen and oxygen atoms in total. The fourth-order valence-electron chi connectivity index (χ4n) is 3.61. The number of anilines is 1. The smallest absolute Gasteiger partial charge is 0.318 e. The van der Waals surface area contributed by atoms with Gasteiger partial charge in [0.1, 0.15) is 5.75 Å². The first-order valence-electron chi connectivity index (χ1n) is 10.3. The normalized spacial score (nSPS) is 15.8. The highest BCUT2D eigenvalue weighted by Gasteiger charge is 2.32. The van der Waals surface area contributed by atoms with Gasteiger partial charge in [0.05, 0.1) is 23.8 Å². The Balaban J connectivity index is 1.90. The van der Waals surface area contributed by atoms with Crippen molar-refractivity contribution in [3.8, 4) is 5.75 Å². The second-order valence-electron chi connectivity index (χ2n) is 7.32. The number of carbonyl (C=O) groups is 2. The largest absolute Gasteiger partial charge is 0.494 e. The van der Waals surface area contributed by atoms with Crippen molar-refractivity contribution in [3.63, 3.8) is 0 Å². The third-order valence-electron chi connectivity index (χ3n) is 5.17. The van der Waals surface area contributed by atoms with Gasteiger partial charge >= 0.3 is 6.03 Å². The summed E-state index contributed by atoms with van der Waals surface area (Å²) in [6.07, 6.45) is 0. The number of methoxy groups -OCH3 is 1. The molecule has 8 heteroatoms. The van der Waals surface area contributed by atoms with Crippen LogP contribution >= 0.6 is 11.6 Å². The number of para-hydroxylation sites is 1. The van der Waals surface area contributed by atoms with Crippen molar-refractivity contribution in [1.82, 2.24) is 10.2 Å². The van der Waals surface area contributed by atoms with Crippen LogP contribution in [0.15, 0.2) is 42.5 Å². The van der Waals surface area contributed by atoms with E-state index in [1.54, 1.807) is 35.1 Å². The zero-order valence-electron chi connectivity index (χ0n) is 18.1. The zero-order valence-corrected chi connectivity index (χ0v) is 18.8. The molecule has 0 radical (unpaired) electrons. The first kappa shape index (κ1) is 22.9. The summed E-state index contributed by atoms with van der Waals surface area (Å²) in [5.41, 5.74) is 2.06. The third kappa shape index (κ3) is 5.29. The van der Waals surface area contributed by atoms with Crippen LogP contribution in [-0.4, -0.2) is 56.3 Å². The molecule has 31 heavy (non-hydrogen) atoms. The molecule has 1 atom stereocenters. The van der Waals surface area contributed by atoms with Gasteiger partial charge < -0.3 is 24.6 Å². The van der Waals surface area contributed by atoms with Crippen molar-refractivity contribution in [2.45, 2.75) is 26.4 Å². The van der Waals surface area contributed by atoms with Gasteiger partial charge in [0.25, 0.3) is 5.91 Å². The number of hydrogen-bond acceptors (Lipinski definition) is 4. The molecule has 2 aromatic rings. The lowest BCUT2D eigenvalue weighted by Gasteiger charge is -2.29. The minimum Gasteiger partial charge on any atom is -0.494 e. The first-order chi connectivity index (χ1) is 15.0. The SMILES string of the molecule is CCOc1ccc(C(=O)N2C[C@@H](C)N(C(=O)NCCOC)Cc3ccccc32)c(Cl)c1. The zero-order chi connectivity index (χ0) is 22.4. The second kappa shape index (κ2) is 10.5. The van der Waals surface area contributed by atoms with E-state index in [2.05, 4.69) is 5.32 Å². The molecule has 0 bridgehead atoms. The average Bonchev–Trinajstić information content (AvgIpc) is 2.90. The van der Waals surface area contributed by atoms with Crippen LogP contribution in [0, 0.1) is 0 Å². The fourth-order valence-corrected chi connectivity index (χ4v) is 3.86. The fraction of sp³-hybridized carbons (Fsp3) is 0.391. The molecule has 0 fully saturated rings. The number of nitrogens with zero attached hydrogens (tertiary/aromatic N) is 2. The lowest BCUT2D eigenvalue weighted by atomic mass is 10.1. The molecule has 0 aromatic heterocycles. The van der Waals surface area contributed by atoms with E-state index in [0.29, 0.717) is 49.2 Å². The van der Waals surface area contributed by atoms with Crippen LogP contribution in [0.1, 0.15) is 29.8 Å². The molecule has 1 heterocycles. The molecule has 0 saturated heterocycles. The van der Waals surface area contributed by atoms with E-state index in [1.807, 2.05) is 38.1 Å². The average molecular weight is 446 g/mol. The van der Waals surface area contributed by atoms with Gasteiger partial charge in [0.15, 0.2) is 0 Å². The Labute approximate surface area is 187 Å². The number of benzene rings is 2. The van der Waals surface area contributed by atoms with Gasteiger partial charge in [-0.15, -0.1) is 0 Å². The number of rotatable bonds is 6. The van der Waals surface area contributed by atoms with Crippen LogP contribution < -0.4 is 15.0 Å². The Hall–Kier alpha value is -2.77. The minimum absolute atomic E-state index is 0.187. The number of ether oxygens (including phenoxy) is 2. The van der Waals surface area contributed by atoms with Gasteiger partial charge in [-0.25, -0.2) is 4.79 Å². The Morgan fingerprint density at radius 3 is 2.71 bits per heavy atom. The Morgan fingerprint density at radius 2 is 2.00 bits per heavy atom. The molecule has 0 saturated carbocycles. The molecule has 1 N–H and O–H groups in total. The first-order valence-corrected chi connectivity index (χ1v) is 10.7. The van der Waals surface area contributed by atoms with Crippen LogP contribution in [-0.2, 0) is 11.3 Å². The molecule has 166 valence electrons. The number of hydrogen-bond donors (Lipinski definition) is 1. The standard InChI is InChI=1S/C23H28ClN3O4/c1-4-31-18-9-10-19(20(24)13-18)22(28)27-14-16(2)26(23(29)25-11-12-30-3)15-17-7-5-6-8-21(17)27/h5-10,13,16H,4,11-12,14-15H2,1-3H3,(H,25,29)/t16-/m1/s1. The molecule has 0 aliphatic carbocycles. The highest BCUT2D eigenvalue weighted by Crippen LogP contribution is 2.31. The van der Waals surface area contributed by atoms with E-state index in [1.165, 1.54) is 0 Å². The summed E-state index contributed by atoms with van der Waals surface area (Å²) in [5, 5.41) is 3.20.